The van der Waals surface area contributed by atoms with Gasteiger partial charge in [-0.3, -0.25) is 4.98 Å². The summed E-state index contributed by atoms with van der Waals surface area (Å²) < 4.78 is 0. The first-order valence-corrected chi connectivity index (χ1v) is 2.92. The number of anilines is 1. The quantitative estimate of drug-likeness (QED) is 0.642. The Balaban J connectivity index is 3.01. The fraction of sp³-hybridized carbons (Fsp3) is 0.167. The second-order valence-electron chi connectivity index (χ2n) is 1.53. The number of pyridine rings is 1. The summed E-state index contributed by atoms with van der Waals surface area (Å²) in [5.41, 5.74) is 0.853. The van der Waals surface area contributed by atoms with Gasteiger partial charge in [0.05, 0.1) is 10.7 Å². The molecule has 0 saturated heterocycles. The molecule has 0 spiro atoms. The molecule has 1 aromatic heterocycles. The number of halogens is 1. The van der Waals surface area contributed by atoms with Gasteiger partial charge in [0, 0.05) is 13.2 Å². The zero-order valence-electron chi connectivity index (χ0n) is 4.98. The summed E-state index contributed by atoms with van der Waals surface area (Å²) in [7, 11) is 1.80. The zero-order valence-corrected chi connectivity index (χ0v) is 5.74. The number of hydrogen-bond donors (Lipinski definition) is 1. The summed E-state index contributed by atoms with van der Waals surface area (Å²) in [6.45, 7) is 0. The van der Waals surface area contributed by atoms with Gasteiger partial charge >= 0.3 is 0 Å². The third-order valence-corrected chi connectivity index (χ3v) is 1.27. The van der Waals surface area contributed by atoms with Crippen LogP contribution in [0.3, 0.4) is 0 Å². The van der Waals surface area contributed by atoms with Crippen LogP contribution in [0.2, 0.25) is 5.02 Å². The number of aromatic nitrogens is 1. The topological polar surface area (TPSA) is 24.9 Å². The number of nitrogens with one attached hydrogen (secondary N) is 1. The smallest absolute Gasteiger partial charge is 0.111 e. The van der Waals surface area contributed by atoms with E-state index >= 15 is 0 Å². The van der Waals surface area contributed by atoms with Crippen molar-refractivity contribution in [3.05, 3.63) is 23.5 Å². The van der Waals surface area contributed by atoms with Crippen LogP contribution in [0, 0.1) is 6.20 Å². The second kappa shape index (κ2) is 2.69. The van der Waals surface area contributed by atoms with Gasteiger partial charge in [-0.2, -0.15) is 0 Å². The lowest BCUT2D eigenvalue weighted by Gasteiger charge is -1.98. The van der Waals surface area contributed by atoms with Gasteiger partial charge in [-0.1, -0.05) is 11.6 Å². The van der Waals surface area contributed by atoms with E-state index in [-0.39, 0.29) is 0 Å². The van der Waals surface area contributed by atoms with Crippen LogP contribution in [0.25, 0.3) is 0 Å². The van der Waals surface area contributed by atoms with E-state index in [1.807, 2.05) is 0 Å². The third kappa shape index (κ3) is 1.33. The highest BCUT2D eigenvalue weighted by atomic mass is 35.5. The summed E-state index contributed by atoms with van der Waals surface area (Å²) in [5.74, 6) is 0. The Bertz CT molecular complexity index is 200. The van der Waals surface area contributed by atoms with Crippen LogP contribution < -0.4 is 5.32 Å². The predicted octanol–water partition coefficient (Wildman–Crippen LogP) is 1.58. The molecule has 0 aliphatic rings. The fourth-order valence-corrected chi connectivity index (χ4v) is 0.738. The lowest BCUT2D eigenvalue weighted by molar-refractivity contribution is 1.30. The summed E-state index contributed by atoms with van der Waals surface area (Å²) in [4.78, 5) is 3.70. The molecule has 1 N–H and O–H groups in total. The van der Waals surface area contributed by atoms with Gasteiger partial charge in [0.25, 0.3) is 0 Å². The van der Waals surface area contributed by atoms with E-state index in [0.29, 0.717) is 5.02 Å². The first-order valence-electron chi connectivity index (χ1n) is 2.54. The minimum Gasteiger partial charge on any atom is -0.387 e. The van der Waals surface area contributed by atoms with Crippen molar-refractivity contribution >= 4 is 17.3 Å². The Morgan fingerprint density at radius 2 is 2.56 bits per heavy atom. The van der Waals surface area contributed by atoms with Gasteiger partial charge < -0.3 is 5.32 Å². The Hall–Kier alpha value is -0.760. The maximum atomic E-state index is 5.64. The highest BCUT2D eigenvalue weighted by Gasteiger charge is 1.93. The van der Waals surface area contributed by atoms with E-state index < -0.39 is 0 Å². The van der Waals surface area contributed by atoms with Crippen LogP contribution in [0.15, 0.2) is 12.3 Å². The first-order chi connectivity index (χ1) is 4.34. The molecule has 0 atom stereocenters. The molecular weight excluding hydrogens is 136 g/mol. The molecule has 2 nitrogen and oxygen atoms in total. The van der Waals surface area contributed by atoms with Crippen LogP contribution in [-0.4, -0.2) is 12.0 Å². The average Bonchev–Trinajstić information content (AvgIpc) is 1.89. The normalized spacial score (nSPS) is 9.11. The molecule has 0 aliphatic carbocycles. The Morgan fingerprint density at radius 1 is 1.78 bits per heavy atom. The third-order valence-electron chi connectivity index (χ3n) is 0.984. The monoisotopic (exact) mass is 141 g/mol. The van der Waals surface area contributed by atoms with Gasteiger partial charge in [-0.05, 0) is 6.07 Å². The lowest BCUT2D eigenvalue weighted by Crippen LogP contribution is -1.88. The SMILES string of the molecule is CNc1ccn[c]c1Cl. The summed E-state index contributed by atoms with van der Waals surface area (Å²) >= 11 is 5.64. The lowest BCUT2D eigenvalue weighted by atomic mass is 10.4. The average molecular weight is 142 g/mol. The van der Waals surface area contributed by atoms with Crippen molar-refractivity contribution in [3.63, 3.8) is 0 Å². The molecule has 0 fully saturated rings. The van der Waals surface area contributed by atoms with Crippen LogP contribution in [0.5, 0.6) is 0 Å². The minimum absolute atomic E-state index is 0.528. The van der Waals surface area contributed by atoms with E-state index in [4.69, 9.17) is 11.6 Å². The van der Waals surface area contributed by atoms with Crippen molar-refractivity contribution in [2.45, 2.75) is 0 Å². The van der Waals surface area contributed by atoms with Gasteiger partial charge in [-0.15, -0.1) is 0 Å². The number of hydrogen-bond acceptors (Lipinski definition) is 2. The van der Waals surface area contributed by atoms with E-state index in [2.05, 4.69) is 16.5 Å². The van der Waals surface area contributed by atoms with Gasteiger partial charge in [-0.25, -0.2) is 0 Å². The van der Waals surface area contributed by atoms with Crippen molar-refractivity contribution in [1.29, 1.82) is 0 Å². The first kappa shape index (κ1) is 6.36. The van der Waals surface area contributed by atoms with Crippen LogP contribution in [-0.2, 0) is 0 Å². The molecular formula is C6H6ClN2. The molecule has 9 heavy (non-hydrogen) atoms. The predicted molar refractivity (Wildman–Crippen MR) is 37.6 cm³/mol. The van der Waals surface area contributed by atoms with Gasteiger partial charge in [0.1, 0.15) is 6.20 Å². The summed E-state index contributed by atoms with van der Waals surface area (Å²) in [6.07, 6.45) is 4.24. The van der Waals surface area contributed by atoms with Crippen LogP contribution in [0.4, 0.5) is 5.69 Å². The maximum Gasteiger partial charge on any atom is 0.111 e. The fourth-order valence-electron chi connectivity index (χ4n) is 0.532. The van der Waals surface area contributed by atoms with E-state index in [1.165, 1.54) is 0 Å². The summed E-state index contributed by atoms with van der Waals surface area (Å²) in [5, 5.41) is 3.42. The molecule has 0 unspecified atom stereocenters. The highest BCUT2D eigenvalue weighted by Crippen LogP contribution is 2.16. The minimum atomic E-state index is 0.528. The Kier molecular flexibility index (Phi) is 1.90. The molecule has 0 bridgehead atoms. The van der Waals surface area contributed by atoms with Crippen molar-refractivity contribution in [2.75, 3.05) is 12.4 Å². The van der Waals surface area contributed by atoms with Crippen molar-refractivity contribution in [2.24, 2.45) is 0 Å². The molecule has 0 aliphatic heterocycles. The van der Waals surface area contributed by atoms with Crippen molar-refractivity contribution < 1.29 is 0 Å². The van der Waals surface area contributed by atoms with Gasteiger partial charge in [0.15, 0.2) is 0 Å². The molecule has 0 saturated carbocycles. The molecule has 1 aromatic rings. The van der Waals surface area contributed by atoms with Crippen LogP contribution >= 0.6 is 11.6 Å². The Morgan fingerprint density at radius 3 is 3.00 bits per heavy atom. The van der Waals surface area contributed by atoms with Crippen molar-refractivity contribution in [1.82, 2.24) is 4.98 Å². The molecule has 1 rings (SSSR count). The molecule has 47 valence electrons. The largest absolute Gasteiger partial charge is 0.387 e. The molecule has 1 heterocycles. The van der Waals surface area contributed by atoms with E-state index in [0.717, 1.165) is 5.69 Å². The zero-order chi connectivity index (χ0) is 6.69. The van der Waals surface area contributed by atoms with E-state index in [9.17, 15) is 0 Å². The van der Waals surface area contributed by atoms with Crippen molar-refractivity contribution in [3.8, 4) is 0 Å². The standard InChI is InChI=1S/C6H6ClN2/c1-8-6-2-3-9-4-5(6)7/h2-3H,1H3,(H,8,9). The molecule has 3 heteroatoms. The summed E-state index contributed by atoms with van der Waals surface area (Å²) in [6, 6.07) is 1.79. The molecule has 1 radical (unpaired) electrons. The number of rotatable bonds is 1. The Labute approximate surface area is 58.9 Å². The highest BCUT2D eigenvalue weighted by molar-refractivity contribution is 6.32. The van der Waals surface area contributed by atoms with Gasteiger partial charge in [0.2, 0.25) is 0 Å². The maximum absolute atomic E-state index is 5.64. The second-order valence-corrected chi connectivity index (χ2v) is 1.91. The number of nitrogens with zero attached hydrogens (tertiary/aromatic N) is 1. The molecule has 0 amide bonds. The van der Waals surface area contributed by atoms with E-state index in [1.54, 1.807) is 19.3 Å². The molecule has 0 aromatic carbocycles. The van der Waals surface area contributed by atoms with Crippen LogP contribution in [0.1, 0.15) is 0 Å².